The Morgan fingerprint density at radius 3 is 2.80 bits per heavy atom. The molecule has 0 spiro atoms. The Kier molecular flexibility index (Phi) is 5.31. The van der Waals surface area contributed by atoms with Crippen molar-refractivity contribution in [2.45, 2.75) is 12.2 Å². The van der Waals surface area contributed by atoms with Gasteiger partial charge in [0.1, 0.15) is 0 Å². The van der Waals surface area contributed by atoms with E-state index in [9.17, 15) is 9.59 Å². The van der Waals surface area contributed by atoms with Crippen molar-refractivity contribution in [2.75, 3.05) is 18.8 Å². The van der Waals surface area contributed by atoms with Gasteiger partial charge in [0.05, 0.1) is 12.2 Å². The van der Waals surface area contributed by atoms with E-state index in [0.29, 0.717) is 23.9 Å². The number of amides is 1. The smallest absolute Gasteiger partial charge is 0.303 e. The summed E-state index contributed by atoms with van der Waals surface area (Å²) in [6.07, 6.45) is 0.152. The average molecular weight is 314 g/mol. The van der Waals surface area contributed by atoms with E-state index >= 15 is 0 Å². The monoisotopic (exact) mass is 313 g/mol. The topological polar surface area (TPSA) is 57.6 Å². The summed E-state index contributed by atoms with van der Waals surface area (Å²) in [7, 11) is 0. The molecule has 1 fully saturated rings. The predicted octanol–water partition coefficient (Wildman–Crippen LogP) is 2.51. The maximum absolute atomic E-state index is 11.8. The van der Waals surface area contributed by atoms with E-state index in [-0.39, 0.29) is 18.2 Å². The highest BCUT2D eigenvalue weighted by molar-refractivity contribution is 7.99. The lowest BCUT2D eigenvalue weighted by Crippen LogP contribution is -2.51. The quantitative estimate of drug-likeness (QED) is 0.876. The molecule has 0 radical (unpaired) electrons. The first kappa shape index (κ1) is 15.2. The molecule has 0 unspecified atom stereocenters. The molecular formula is C14H16ClNO3S. The molecular weight excluding hydrogens is 298 g/mol. The second-order valence-corrected chi connectivity index (χ2v) is 6.31. The van der Waals surface area contributed by atoms with Gasteiger partial charge in [-0.1, -0.05) is 23.7 Å². The molecule has 1 N–H and O–H groups in total. The fraction of sp³-hybridized carbons (Fsp3) is 0.429. The molecule has 0 aliphatic carbocycles. The molecule has 108 valence electrons. The summed E-state index contributed by atoms with van der Waals surface area (Å²) in [5, 5.41) is 9.35. The van der Waals surface area contributed by atoms with Crippen molar-refractivity contribution in [3.63, 3.8) is 0 Å². The standard InChI is InChI=1S/C14H16ClNO3S/c15-12-3-1-2-10(4-12)8-20-9-13(17)16-6-11(7-16)5-14(18)19/h1-4,11H,5-9H2,(H,18,19). The minimum atomic E-state index is -0.794. The third kappa shape index (κ3) is 4.42. The molecule has 1 heterocycles. The third-order valence-electron chi connectivity index (χ3n) is 3.16. The number of hydrogen-bond donors (Lipinski definition) is 1. The zero-order valence-electron chi connectivity index (χ0n) is 10.9. The molecule has 6 heteroatoms. The molecule has 4 nitrogen and oxygen atoms in total. The molecule has 0 saturated carbocycles. The summed E-state index contributed by atoms with van der Waals surface area (Å²) in [4.78, 5) is 24.1. The molecule has 1 aromatic rings. The Morgan fingerprint density at radius 2 is 2.15 bits per heavy atom. The van der Waals surface area contributed by atoms with Gasteiger partial charge in [-0.15, -0.1) is 11.8 Å². The van der Waals surface area contributed by atoms with Gasteiger partial charge >= 0.3 is 5.97 Å². The van der Waals surface area contributed by atoms with Crippen LogP contribution in [0, 0.1) is 5.92 Å². The van der Waals surface area contributed by atoms with E-state index in [1.54, 1.807) is 16.7 Å². The molecule has 1 aliphatic heterocycles. The molecule has 0 aromatic heterocycles. The Labute approximate surface area is 127 Å². The van der Waals surface area contributed by atoms with Crippen molar-refractivity contribution in [3.05, 3.63) is 34.9 Å². The molecule has 1 aliphatic rings. The lowest BCUT2D eigenvalue weighted by atomic mass is 9.96. The Morgan fingerprint density at radius 1 is 1.40 bits per heavy atom. The number of benzene rings is 1. The summed E-state index contributed by atoms with van der Waals surface area (Å²) in [6, 6.07) is 7.59. The number of carbonyl (C=O) groups excluding carboxylic acids is 1. The van der Waals surface area contributed by atoms with Crippen LogP contribution in [0.25, 0.3) is 0 Å². The number of carboxylic acid groups (broad SMARTS) is 1. The third-order valence-corrected chi connectivity index (χ3v) is 4.38. The number of carboxylic acids is 1. The van der Waals surface area contributed by atoms with Gasteiger partial charge in [0.2, 0.25) is 5.91 Å². The van der Waals surface area contributed by atoms with Gasteiger partial charge < -0.3 is 10.0 Å². The van der Waals surface area contributed by atoms with Crippen molar-refractivity contribution in [1.82, 2.24) is 4.90 Å². The highest BCUT2D eigenvalue weighted by Crippen LogP contribution is 2.21. The molecule has 0 atom stereocenters. The second kappa shape index (κ2) is 6.99. The minimum Gasteiger partial charge on any atom is -0.481 e. The van der Waals surface area contributed by atoms with Gasteiger partial charge in [0.15, 0.2) is 0 Å². The van der Waals surface area contributed by atoms with Crippen LogP contribution in [-0.2, 0) is 15.3 Å². The first-order valence-electron chi connectivity index (χ1n) is 6.36. The summed E-state index contributed by atoms with van der Waals surface area (Å²) < 4.78 is 0. The van der Waals surface area contributed by atoms with Gasteiger partial charge in [-0.2, -0.15) is 0 Å². The van der Waals surface area contributed by atoms with E-state index in [2.05, 4.69) is 0 Å². The van der Waals surface area contributed by atoms with Crippen LogP contribution in [0.3, 0.4) is 0 Å². The van der Waals surface area contributed by atoms with Gasteiger partial charge in [-0.3, -0.25) is 9.59 Å². The minimum absolute atomic E-state index is 0.0821. The number of rotatable bonds is 6. The van der Waals surface area contributed by atoms with Crippen LogP contribution in [-0.4, -0.2) is 40.7 Å². The molecule has 1 amide bonds. The summed E-state index contributed by atoms with van der Waals surface area (Å²) in [5.74, 6) is 0.579. The van der Waals surface area contributed by atoms with E-state index in [4.69, 9.17) is 16.7 Å². The first-order valence-corrected chi connectivity index (χ1v) is 7.89. The first-order chi connectivity index (χ1) is 9.54. The highest BCUT2D eigenvalue weighted by atomic mass is 35.5. The van der Waals surface area contributed by atoms with Crippen molar-refractivity contribution < 1.29 is 14.7 Å². The maximum atomic E-state index is 11.8. The summed E-state index contributed by atoms with van der Waals surface area (Å²) >= 11 is 7.44. The fourth-order valence-electron chi connectivity index (χ4n) is 2.12. The Balaban J connectivity index is 1.65. The van der Waals surface area contributed by atoms with Crippen molar-refractivity contribution in [1.29, 1.82) is 0 Å². The molecule has 0 bridgehead atoms. The van der Waals surface area contributed by atoms with Crippen LogP contribution in [0.4, 0.5) is 0 Å². The van der Waals surface area contributed by atoms with Crippen LogP contribution < -0.4 is 0 Å². The van der Waals surface area contributed by atoms with Crippen LogP contribution in [0.1, 0.15) is 12.0 Å². The van der Waals surface area contributed by atoms with Crippen LogP contribution in [0.5, 0.6) is 0 Å². The number of halogens is 1. The second-order valence-electron chi connectivity index (χ2n) is 4.89. The van der Waals surface area contributed by atoms with Gasteiger partial charge in [0.25, 0.3) is 0 Å². The van der Waals surface area contributed by atoms with Crippen molar-refractivity contribution in [2.24, 2.45) is 5.92 Å². The Hall–Kier alpha value is -1.20. The lowest BCUT2D eigenvalue weighted by Gasteiger charge is -2.38. The number of likely N-dealkylation sites (tertiary alicyclic amines) is 1. The Bertz CT molecular complexity index is 503. The number of nitrogens with zero attached hydrogens (tertiary/aromatic N) is 1. The normalized spacial score (nSPS) is 14.9. The maximum Gasteiger partial charge on any atom is 0.303 e. The largest absolute Gasteiger partial charge is 0.481 e. The number of carbonyl (C=O) groups is 2. The van der Waals surface area contributed by atoms with E-state index in [1.807, 2.05) is 24.3 Å². The highest BCUT2D eigenvalue weighted by Gasteiger charge is 2.31. The van der Waals surface area contributed by atoms with Crippen LogP contribution in [0.15, 0.2) is 24.3 Å². The average Bonchev–Trinajstić information content (AvgIpc) is 2.33. The zero-order chi connectivity index (χ0) is 14.5. The number of aliphatic carboxylic acids is 1. The van der Waals surface area contributed by atoms with Gasteiger partial charge in [-0.05, 0) is 17.7 Å². The molecule has 1 saturated heterocycles. The van der Waals surface area contributed by atoms with Crippen LogP contribution in [0.2, 0.25) is 5.02 Å². The van der Waals surface area contributed by atoms with E-state index < -0.39 is 5.97 Å². The molecule has 2 rings (SSSR count). The predicted molar refractivity (Wildman–Crippen MR) is 79.9 cm³/mol. The summed E-state index contributed by atoms with van der Waals surface area (Å²) in [5.41, 5.74) is 1.10. The van der Waals surface area contributed by atoms with Gasteiger partial charge in [0, 0.05) is 29.8 Å². The lowest BCUT2D eigenvalue weighted by molar-refractivity contribution is -0.143. The zero-order valence-corrected chi connectivity index (χ0v) is 12.5. The molecule has 1 aromatic carbocycles. The van der Waals surface area contributed by atoms with Crippen molar-refractivity contribution in [3.8, 4) is 0 Å². The van der Waals surface area contributed by atoms with Crippen molar-refractivity contribution >= 4 is 35.2 Å². The van der Waals surface area contributed by atoms with Gasteiger partial charge in [-0.25, -0.2) is 0 Å². The van der Waals surface area contributed by atoms with Crippen LogP contribution >= 0.6 is 23.4 Å². The summed E-state index contributed by atoms with van der Waals surface area (Å²) in [6.45, 7) is 1.14. The molecule has 20 heavy (non-hydrogen) atoms. The SMILES string of the molecule is O=C(O)CC1CN(C(=O)CSCc2cccc(Cl)c2)C1. The van der Waals surface area contributed by atoms with E-state index in [1.165, 1.54) is 0 Å². The number of hydrogen-bond acceptors (Lipinski definition) is 3. The fourth-order valence-corrected chi connectivity index (χ4v) is 3.21. The number of thioether (sulfide) groups is 1. The van der Waals surface area contributed by atoms with E-state index in [0.717, 1.165) is 11.3 Å².